The van der Waals surface area contributed by atoms with Gasteiger partial charge in [0, 0.05) is 18.7 Å². The van der Waals surface area contributed by atoms with Crippen LogP contribution in [0.25, 0.3) is 0 Å². The molecule has 2 amide bonds. The van der Waals surface area contributed by atoms with Gasteiger partial charge in [0.25, 0.3) is 11.8 Å². The van der Waals surface area contributed by atoms with Gasteiger partial charge in [-0.05, 0) is 44.2 Å². The van der Waals surface area contributed by atoms with E-state index >= 15 is 0 Å². The lowest BCUT2D eigenvalue weighted by Gasteiger charge is -2.27. The number of hydrogen-bond donors (Lipinski definition) is 1. The van der Waals surface area contributed by atoms with Crippen LogP contribution in [0, 0.1) is 0 Å². The molecule has 1 N–H and O–H groups in total. The van der Waals surface area contributed by atoms with Gasteiger partial charge >= 0.3 is 0 Å². The Labute approximate surface area is 159 Å². The molecule has 6 heteroatoms. The molecule has 0 atom stereocenters. The third-order valence-corrected chi connectivity index (χ3v) is 4.17. The van der Waals surface area contributed by atoms with Crippen LogP contribution in [0.2, 0.25) is 0 Å². The fourth-order valence-electron chi connectivity index (χ4n) is 2.89. The smallest absolute Gasteiger partial charge is 0.256 e. The van der Waals surface area contributed by atoms with Crippen LogP contribution >= 0.6 is 0 Å². The molecule has 0 aliphatic carbocycles. The van der Waals surface area contributed by atoms with E-state index in [0.717, 1.165) is 0 Å². The maximum absolute atomic E-state index is 12.8. The lowest BCUT2D eigenvalue weighted by atomic mass is 10.1. The number of ether oxygens (including phenoxy) is 2. The van der Waals surface area contributed by atoms with E-state index in [1.54, 1.807) is 47.4 Å². The van der Waals surface area contributed by atoms with Gasteiger partial charge < -0.3 is 19.7 Å². The zero-order chi connectivity index (χ0) is 19.2. The summed E-state index contributed by atoms with van der Waals surface area (Å²) in [6.45, 7) is 6.03. The number of anilines is 1. The largest absolute Gasteiger partial charge is 0.491 e. The molecule has 6 nitrogen and oxygen atoms in total. The fraction of sp³-hybridized carbons (Fsp3) is 0.333. The van der Waals surface area contributed by atoms with Crippen LogP contribution < -0.4 is 10.1 Å². The molecule has 142 valence electrons. The molecule has 2 aromatic rings. The molecule has 0 unspecified atom stereocenters. The Morgan fingerprint density at radius 3 is 2.56 bits per heavy atom. The predicted octanol–water partition coefficient (Wildman–Crippen LogP) is 3.20. The number of carbonyl (C=O) groups excluding carboxylic acids is 2. The van der Waals surface area contributed by atoms with E-state index in [-0.39, 0.29) is 17.9 Å². The Kier molecular flexibility index (Phi) is 6.08. The summed E-state index contributed by atoms with van der Waals surface area (Å²) in [7, 11) is 0. The van der Waals surface area contributed by atoms with Crippen molar-refractivity contribution in [2.45, 2.75) is 20.0 Å². The van der Waals surface area contributed by atoms with Crippen molar-refractivity contribution in [3.8, 4) is 5.75 Å². The summed E-state index contributed by atoms with van der Waals surface area (Å²) in [4.78, 5) is 27.2. The van der Waals surface area contributed by atoms with Crippen LogP contribution in [0.1, 0.15) is 34.6 Å². The maximum Gasteiger partial charge on any atom is 0.256 e. The molecule has 1 aliphatic heterocycles. The van der Waals surface area contributed by atoms with Crippen molar-refractivity contribution in [1.29, 1.82) is 0 Å². The van der Waals surface area contributed by atoms with E-state index in [9.17, 15) is 9.59 Å². The summed E-state index contributed by atoms with van der Waals surface area (Å²) < 4.78 is 10.9. The minimum Gasteiger partial charge on any atom is -0.491 e. The molecule has 27 heavy (non-hydrogen) atoms. The highest BCUT2D eigenvalue weighted by molar-refractivity contribution is 6.09. The van der Waals surface area contributed by atoms with Crippen LogP contribution in [0.4, 0.5) is 5.69 Å². The van der Waals surface area contributed by atoms with Crippen LogP contribution in [-0.4, -0.2) is 49.1 Å². The highest BCUT2D eigenvalue weighted by atomic mass is 16.5. The second kappa shape index (κ2) is 8.68. The number of carbonyl (C=O) groups is 2. The second-order valence-corrected chi connectivity index (χ2v) is 6.60. The summed E-state index contributed by atoms with van der Waals surface area (Å²) >= 11 is 0. The van der Waals surface area contributed by atoms with Crippen LogP contribution in [-0.2, 0) is 4.74 Å². The number of benzene rings is 2. The lowest BCUT2D eigenvalue weighted by molar-refractivity contribution is 0.0303. The Hall–Kier alpha value is -2.86. The van der Waals surface area contributed by atoms with Crippen LogP contribution in [0.5, 0.6) is 5.75 Å². The Morgan fingerprint density at radius 2 is 1.81 bits per heavy atom. The topological polar surface area (TPSA) is 67.9 Å². The molecule has 0 spiro atoms. The Balaban J connectivity index is 1.77. The summed E-state index contributed by atoms with van der Waals surface area (Å²) in [6, 6.07) is 14.1. The fourth-order valence-corrected chi connectivity index (χ4v) is 2.89. The molecule has 2 aromatic carbocycles. The van der Waals surface area contributed by atoms with Gasteiger partial charge in [-0.15, -0.1) is 0 Å². The normalized spacial score (nSPS) is 14.1. The number of nitrogens with one attached hydrogen (secondary N) is 1. The molecular formula is C21H24N2O4. The monoisotopic (exact) mass is 368 g/mol. The van der Waals surface area contributed by atoms with Crippen molar-refractivity contribution in [3.63, 3.8) is 0 Å². The standard InChI is InChI=1S/C21H24N2O4/c1-15(2)27-17-7-5-6-16(14-17)20(24)22-19-9-4-3-8-18(19)21(25)23-10-12-26-13-11-23/h3-9,14-15H,10-13H2,1-2H3,(H,22,24). The number of hydrogen-bond acceptors (Lipinski definition) is 4. The van der Waals surface area contributed by atoms with E-state index in [1.165, 1.54) is 0 Å². The molecule has 3 rings (SSSR count). The minimum atomic E-state index is -0.286. The third-order valence-electron chi connectivity index (χ3n) is 4.17. The van der Waals surface area contributed by atoms with Crippen molar-refractivity contribution in [2.75, 3.05) is 31.6 Å². The molecule has 0 bridgehead atoms. The van der Waals surface area contributed by atoms with Gasteiger partial charge in [-0.2, -0.15) is 0 Å². The highest BCUT2D eigenvalue weighted by Gasteiger charge is 2.21. The average molecular weight is 368 g/mol. The van der Waals surface area contributed by atoms with Crippen LogP contribution in [0.15, 0.2) is 48.5 Å². The Bertz CT molecular complexity index is 813. The first-order valence-corrected chi connectivity index (χ1v) is 9.08. The number of amides is 2. The van der Waals surface area contributed by atoms with Gasteiger partial charge in [0.1, 0.15) is 5.75 Å². The predicted molar refractivity (Wildman–Crippen MR) is 103 cm³/mol. The van der Waals surface area contributed by atoms with Crippen molar-refractivity contribution >= 4 is 17.5 Å². The van der Waals surface area contributed by atoms with Gasteiger partial charge in [-0.1, -0.05) is 18.2 Å². The zero-order valence-electron chi connectivity index (χ0n) is 15.6. The molecule has 0 saturated carbocycles. The first-order chi connectivity index (χ1) is 13.0. The average Bonchev–Trinajstić information content (AvgIpc) is 2.68. The number of nitrogens with zero attached hydrogens (tertiary/aromatic N) is 1. The second-order valence-electron chi connectivity index (χ2n) is 6.60. The minimum absolute atomic E-state index is 0.0233. The summed E-state index contributed by atoms with van der Waals surface area (Å²) in [5.74, 6) is 0.243. The van der Waals surface area contributed by atoms with E-state index in [4.69, 9.17) is 9.47 Å². The summed E-state index contributed by atoms with van der Waals surface area (Å²) in [5.41, 5.74) is 1.44. The first-order valence-electron chi connectivity index (χ1n) is 9.08. The zero-order valence-corrected chi connectivity index (χ0v) is 15.6. The quantitative estimate of drug-likeness (QED) is 0.880. The summed E-state index contributed by atoms with van der Waals surface area (Å²) in [6.07, 6.45) is 0.0233. The molecule has 1 fully saturated rings. The molecule has 0 radical (unpaired) electrons. The third kappa shape index (κ3) is 4.86. The van der Waals surface area contributed by atoms with E-state index in [2.05, 4.69) is 5.32 Å². The molecule has 1 saturated heterocycles. The van der Waals surface area contributed by atoms with Crippen molar-refractivity contribution in [3.05, 3.63) is 59.7 Å². The van der Waals surface area contributed by atoms with Crippen molar-refractivity contribution < 1.29 is 19.1 Å². The van der Waals surface area contributed by atoms with Crippen molar-refractivity contribution in [1.82, 2.24) is 4.90 Å². The number of morpholine rings is 1. The van der Waals surface area contributed by atoms with Gasteiger partial charge in [0.05, 0.1) is 30.6 Å². The molecule has 0 aromatic heterocycles. The van der Waals surface area contributed by atoms with E-state index in [1.807, 2.05) is 19.9 Å². The molecular weight excluding hydrogens is 344 g/mol. The molecule has 1 heterocycles. The lowest BCUT2D eigenvalue weighted by Crippen LogP contribution is -2.41. The van der Waals surface area contributed by atoms with E-state index in [0.29, 0.717) is 48.9 Å². The SMILES string of the molecule is CC(C)Oc1cccc(C(=O)Nc2ccccc2C(=O)N2CCOCC2)c1. The van der Waals surface area contributed by atoms with Gasteiger partial charge in [0.2, 0.25) is 0 Å². The van der Waals surface area contributed by atoms with Gasteiger partial charge in [-0.3, -0.25) is 9.59 Å². The Morgan fingerprint density at radius 1 is 1.07 bits per heavy atom. The molecule has 1 aliphatic rings. The highest BCUT2D eigenvalue weighted by Crippen LogP contribution is 2.21. The number of rotatable bonds is 5. The number of para-hydroxylation sites is 1. The first kappa shape index (κ1) is 18.9. The van der Waals surface area contributed by atoms with Gasteiger partial charge in [-0.25, -0.2) is 0 Å². The van der Waals surface area contributed by atoms with Crippen LogP contribution in [0.3, 0.4) is 0 Å². The summed E-state index contributed by atoms with van der Waals surface area (Å²) in [5, 5.41) is 2.85. The van der Waals surface area contributed by atoms with E-state index < -0.39 is 0 Å². The van der Waals surface area contributed by atoms with Gasteiger partial charge in [0.15, 0.2) is 0 Å². The maximum atomic E-state index is 12.8. The van der Waals surface area contributed by atoms with Crippen molar-refractivity contribution in [2.24, 2.45) is 0 Å².